The quantitative estimate of drug-likeness (QED) is 0.872. The molecular weight excluding hydrogens is 253 g/mol. The average molecular weight is 272 g/mol. The lowest BCUT2D eigenvalue weighted by atomic mass is 9.76. The summed E-state index contributed by atoms with van der Waals surface area (Å²) in [6.07, 6.45) is 6.19. The van der Waals surface area contributed by atoms with Gasteiger partial charge in [0, 0.05) is 10.0 Å². The number of nitrogens with two attached hydrogens (primary N) is 1. The topological polar surface area (TPSA) is 26.0 Å². The fraction of sp³-hybridized carbons (Fsp3) is 0.571. The van der Waals surface area contributed by atoms with Gasteiger partial charge in [-0.1, -0.05) is 36.0 Å². The molecule has 1 aliphatic carbocycles. The molecule has 2 atom stereocenters. The van der Waals surface area contributed by atoms with Crippen molar-refractivity contribution in [1.29, 1.82) is 0 Å². The van der Waals surface area contributed by atoms with Crippen LogP contribution in [0.3, 0.4) is 0 Å². The Labute approximate surface area is 113 Å². The third-order valence-corrected chi connectivity index (χ3v) is 4.46. The lowest BCUT2D eigenvalue weighted by Crippen LogP contribution is -2.28. The molecule has 2 N–H and O–H groups in total. The van der Waals surface area contributed by atoms with Crippen LogP contribution in [0, 0.1) is 11.8 Å². The molecule has 1 aliphatic rings. The largest absolute Gasteiger partial charge is 0.330 e. The zero-order valence-electron chi connectivity index (χ0n) is 9.96. The van der Waals surface area contributed by atoms with Crippen LogP contribution in [0.5, 0.6) is 0 Å². The molecule has 1 saturated carbocycles. The Bertz CT molecular complexity index is 378. The molecule has 0 aliphatic heterocycles. The van der Waals surface area contributed by atoms with E-state index in [1.165, 1.54) is 31.2 Å². The first kappa shape index (κ1) is 13.2. The third kappa shape index (κ3) is 3.37. The molecule has 2 rings (SSSR count). The van der Waals surface area contributed by atoms with E-state index in [2.05, 4.69) is 0 Å². The highest BCUT2D eigenvalue weighted by molar-refractivity contribution is 6.33. The van der Waals surface area contributed by atoms with Crippen LogP contribution in [0.25, 0.3) is 0 Å². The first-order valence-electron chi connectivity index (χ1n) is 6.34. The van der Waals surface area contributed by atoms with Crippen LogP contribution in [-0.4, -0.2) is 6.54 Å². The predicted octanol–water partition coefficient (Wildman–Crippen LogP) is 4.30. The van der Waals surface area contributed by atoms with Gasteiger partial charge in [0.1, 0.15) is 0 Å². The van der Waals surface area contributed by atoms with Crippen LogP contribution in [0.1, 0.15) is 31.2 Å². The number of rotatable bonds is 3. The zero-order chi connectivity index (χ0) is 12.3. The van der Waals surface area contributed by atoms with E-state index in [1.807, 2.05) is 18.2 Å². The highest BCUT2D eigenvalue weighted by Gasteiger charge is 2.24. The molecule has 2 unspecified atom stereocenters. The second kappa shape index (κ2) is 6.08. The Morgan fingerprint density at radius 1 is 1.12 bits per heavy atom. The van der Waals surface area contributed by atoms with Crippen molar-refractivity contribution in [3.63, 3.8) is 0 Å². The van der Waals surface area contributed by atoms with Crippen molar-refractivity contribution in [1.82, 2.24) is 0 Å². The van der Waals surface area contributed by atoms with Crippen LogP contribution in [-0.2, 0) is 6.42 Å². The van der Waals surface area contributed by atoms with Gasteiger partial charge in [0.05, 0.1) is 0 Å². The van der Waals surface area contributed by atoms with E-state index < -0.39 is 0 Å². The van der Waals surface area contributed by atoms with Crippen molar-refractivity contribution in [2.24, 2.45) is 17.6 Å². The average Bonchev–Trinajstić information content (AvgIpc) is 2.34. The monoisotopic (exact) mass is 271 g/mol. The first-order valence-corrected chi connectivity index (χ1v) is 7.10. The van der Waals surface area contributed by atoms with Gasteiger partial charge in [0.15, 0.2) is 0 Å². The van der Waals surface area contributed by atoms with E-state index in [4.69, 9.17) is 28.9 Å². The molecular formula is C14H19Cl2N. The van der Waals surface area contributed by atoms with Gasteiger partial charge >= 0.3 is 0 Å². The Morgan fingerprint density at radius 3 is 2.53 bits per heavy atom. The minimum atomic E-state index is 0.652. The second-order valence-electron chi connectivity index (χ2n) is 4.98. The maximum Gasteiger partial charge on any atom is 0.0439 e. The summed E-state index contributed by atoms with van der Waals surface area (Å²) < 4.78 is 0. The molecule has 0 radical (unpaired) electrons. The Morgan fingerprint density at radius 2 is 1.82 bits per heavy atom. The molecule has 1 fully saturated rings. The summed E-state index contributed by atoms with van der Waals surface area (Å²) in [6, 6.07) is 5.72. The molecule has 94 valence electrons. The van der Waals surface area contributed by atoms with E-state index in [-0.39, 0.29) is 0 Å². The minimum Gasteiger partial charge on any atom is -0.330 e. The molecule has 3 heteroatoms. The first-order chi connectivity index (χ1) is 8.20. The highest BCUT2D eigenvalue weighted by atomic mass is 35.5. The van der Waals surface area contributed by atoms with Crippen LogP contribution >= 0.6 is 23.2 Å². The summed E-state index contributed by atoms with van der Waals surface area (Å²) in [5, 5.41) is 1.60. The van der Waals surface area contributed by atoms with Crippen LogP contribution in [0.4, 0.5) is 0 Å². The fourth-order valence-corrected chi connectivity index (χ4v) is 3.24. The Balaban J connectivity index is 2.10. The van der Waals surface area contributed by atoms with E-state index in [0.717, 1.165) is 23.0 Å². The molecule has 0 aromatic heterocycles. The van der Waals surface area contributed by atoms with Crippen molar-refractivity contribution in [2.45, 2.75) is 32.1 Å². The zero-order valence-corrected chi connectivity index (χ0v) is 11.5. The standard InChI is InChI=1S/C14H19Cl2N/c15-13-5-6-14(16)12(8-13)7-10-3-1-2-4-11(10)9-17/h5-6,8,10-11H,1-4,7,9,17H2. The van der Waals surface area contributed by atoms with Crippen molar-refractivity contribution in [3.8, 4) is 0 Å². The molecule has 1 nitrogen and oxygen atoms in total. The van der Waals surface area contributed by atoms with Gasteiger partial charge in [0.25, 0.3) is 0 Å². The van der Waals surface area contributed by atoms with E-state index in [0.29, 0.717) is 11.8 Å². The van der Waals surface area contributed by atoms with Crippen molar-refractivity contribution in [3.05, 3.63) is 33.8 Å². The number of halogens is 2. The maximum absolute atomic E-state index is 6.22. The number of hydrogen-bond acceptors (Lipinski definition) is 1. The third-order valence-electron chi connectivity index (χ3n) is 3.86. The van der Waals surface area contributed by atoms with Crippen molar-refractivity contribution < 1.29 is 0 Å². The fourth-order valence-electron chi connectivity index (χ4n) is 2.85. The minimum absolute atomic E-state index is 0.652. The molecule has 1 aromatic carbocycles. The second-order valence-corrected chi connectivity index (χ2v) is 5.82. The van der Waals surface area contributed by atoms with Crippen molar-refractivity contribution >= 4 is 23.2 Å². The highest BCUT2D eigenvalue weighted by Crippen LogP contribution is 2.34. The molecule has 0 spiro atoms. The van der Waals surface area contributed by atoms with Gasteiger partial charge < -0.3 is 5.73 Å². The normalized spacial score (nSPS) is 24.9. The lowest BCUT2D eigenvalue weighted by Gasteiger charge is -2.31. The summed E-state index contributed by atoms with van der Waals surface area (Å²) in [5.41, 5.74) is 7.03. The lowest BCUT2D eigenvalue weighted by molar-refractivity contribution is 0.242. The van der Waals surface area contributed by atoms with Crippen LogP contribution < -0.4 is 5.73 Å². The van der Waals surface area contributed by atoms with Gasteiger partial charge in [-0.25, -0.2) is 0 Å². The van der Waals surface area contributed by atoms with Gasteiger partial charge in [-0.15, -0.1) is 0 Å². The van der Waals surface area contributed by atoms with Crippen LogP contribution in [0.2, 0.25) is 10.0 Å². The van der Waals surface area contributed by atoms with Gasteiger partial charge in [-0.05, 0) is 61.4 Å². The van der Waals surface area contributed by atoms with E-state index in [9.17, 15) is 0 Å². The molecule has 0 heterocycles. The maximum atomic E-state index is 6.22. The smallest absolute Gasteiger partial charge is 0.0439 e. The SMILES string of the molecule is NCC1CCCCC1Cc1cc(Cl)ccc1Cl. The van der Waals surface area contributed by atoms with Crippen LogP contribution in [0.15, 0.2) is 18.2 Å². The summed E-state index contributed by atoms with van der Waals surface area (Å²) in [6.45, 7) is 0.794. The molecule has 1 aromatic rings. The summed E-state index contributed by atoms with van der Waals surface area (Å²) in [5.74, 6) is 1.32. The summed E-state index contributed by atoms with van der Waals surface area (Å²) in [4.78, 5) is 0. The van der Waals surface area contributed by atoms with Gasteiger partial charge in [0.2, 0.25) is 0 Å². The Kier molecular flexibility index (Phi) is 4.72. The molecule has 17 heavy (non-hydrogen) atoms. The summed E-state index contributed by atoms with van der Waals surface area (Å²) >= 11 is 12.2. The van der Waals surface area contributed by atoms with E-state index in [1.54, 1.807) is 0 Å². The number of benzene rings is 1. The van der Waals surface area contributed by atoms with Gasteiger partial charge in [-0.2, -0.15) is 0 Å². The predicted molar refractivity (Wildman–Crippen MR) is 74.7 cm³/mol. The van der Waals surface area contributed by atoms with E-state index >= 15 is 0 Å². The molecule has 0 bridgehead atoms. The summed E-state index contributed by atoms with van der Waals surface area (Å²) in [7, 11) is 0. The van der Waals surface area contributed by atoms with Crippen molar-refractivity contribution in [2.75, 3.05) is 6.54 Å². The number of hydrogen-bond donors (Lipinski definition) is 1. The molecule has 0 saturated heterocycles. The van der Waals surface area contributed by atoms with Gasteiger partial charge in [-0.3, -0.25) is 0 Å². The molecule has 0 amide bonds. The Hall–Kier alpha value is -0.240.